The highest BCUT2D eigenvalue weighted by Gasteiger charge is 2.31. The zero-order valence-corrected chi connectivity index (χ0v) is 11.4. The zero-order chi connectivity index (χ0) is 16.0. The lowest BCUT2D eigenvalue weighted by atomic mass is 10.1. The van der Waals surface area contributed by atoms with Gasteiger partial charge in [-0.3, -0.25) is 4.79 Å². The van der Waals surface area contributed by atoms with Crippen LogP contribution in [0.1, 0.15) is 16.8 Å². The molecule has 0 saturated heterocycles. The van der Waals surface area contributed by atoms with Crippen molar-refractivity contribution in [1.82, 2.24) is 5.32 Å². The van der Waals surface area contributed by atoms with Crippen LogP contribution in [0.4, 0.5) is 13.2 Å². The summed E-state index contributed by atoms with van der Waals surface area (Å²) in [6, 6.07) is 3.63. The minimum atomic E-state index is -4.56. The van der Waals surface area contributed by atoms with Crippen LogP contribution in [0, 0.1) is 0 Å². The maximum atomic E-state index is 12.4. The van der Waals surface area contributed by atoms with E-state index in [1.807, 2.05) is 0 Å². The molecule has 0 aromatic heterocycles. The van der Waals surface area contributed by atoms with E-state index >= 15 is 0 Å². The molecule has 0 spiro atoms. The van der Waals surface area contributed by atoms with Gasteiger partial charge in [-0.1, -0.05) is 12.1 Å². The fourth-order valence-electron chi connectivity index (χ4n) is 1.49. The Kier molecular flexibility index (Phi) is 6.03. The molecule has 0 aliphatic heterocycles. The lowest BCUT2D eigenvalue weighted by Gasteiger charge is -2.15. The van der Waals surface area contributed by atoms with Crippen molar-refractivity contribution in [3.05, 3.63) is 29.8 Å². The Bertz CT molecular complexity index is 521. The molecule has 0 radical (unpaired) electrons. The van der Waals surface area contributed by atoms with Crippen LogP contribution in [0.15, 0.2) is 29.2 Å². The van der Waals surface area contributed by atoms with Crippen LogP contribution in [-0.2, 0) is 4.79 Å². The molecule has 1 aromatic rings. The molecule has 21 heavy (non-hydrogen) atoms. The van der Waals surface area contributed by atoms with Crippen molar-refractivity contribution in [3.63, 3.8) is 0 Å². The highest BCUT2D eigenvalue weighted by molar-refractivity contribution is 8.00. The van der Waals surface area contributed by atoms with Gasteiger partial charge in [0.05, 0.1) is 5.56 Å². The molecule has 1 atom stereocenters. The van der Waals surface area contributed by atoms with E-state index in [-0.39, 0.29) is 16.9 Å². The number of aliphatic hydroxyl groups excluding tert-OH is 1. The van der Waals surface area contributed by atoms with E-state index in [2.05, 4.69) is 5.32 Å². The molecule has 0 heterocycles. The Hall–Kier alpha value is -1.74. The number of aliphatic hydroxyl groups is 1. The Morgan fingerprint density at radius 2 is 1.90 bits per heavy atom. The van der Waals surface area contributed by atoms with E-state index < -0.39 is 41.8 Å². The summed E-state index contributed by atoms with van der Waals surface area (Å²) in [4.78, 5) is 22.4. The van der Waals surface area contributed by atoms with E-state index in [1.54, 1.807) is 0 Å². The van der Waals surface area contributed by atoms with Gasteiger partial charge in [0.1, 0.15) is 6.04 Å². The fraction of sp³-hybridized carbons (Fsp3) is 0.333. The van der Waals surface area contributed by atoms with E-state index in [0.29, 0.717) is 0 Å². The van der Waals surface area contributed by atoms with Crippen LogP contribution >= 0.6 is 11.8 Å². The second kappa shape index (κ2) is 7.32. The number of benzene rings is 1. The van der Waals surface area contributed by atoms with E-state index in [4.69, 9.17) is 10.2 Å². The first-order chi connectivity index (χ1) is 9.74. The van der Waals surface area contributed by atoms with Crippen molar-refractivity contribution >= 4 is 23.6 Å². The first-order valence-corrected chi connectivity index (χ1v) is 6.55. The van der Waals surface area contributed by atoms with Gasteiger partial charge in [-0.05, 0) is 23.9 Å². The second-order valence-corrected chi connectivity index (χ2v) is 5.03. The molecule has 9 heteroatoms. The number of alkyl halides is 3. The molecular formula is C12H12F3NO4S. The maximum Gasteiger partial charge on any atom is 0.446 e. The lowest BCUT2D eigenvalue weighted by molar-refractivity contribution is -0.139. The highest BCUT2D eigenvalue weighted by Crippen LogP contribution is 2.38. The Morgan fingerprint density at radius 1 is 1.29 bits per heavy atom. The normalized spacial score (nSPS) is 12.8. The van der Waals surface area contributed by atoms with Gasteiger partial charge >= 0.3 is 11.5 Å². The first kappa shape index (κ1) is 17.3. The van der Waals surface area contributed by atoms with Crippen molar-refractivity contribution in [2.45, 2.75) is 22.9 Å². The monoisotopic (exact) mass is 323 g/mol. The average molecular weight is 323 g/mol. The average Bonchev–Trinajstić information content (AvgIpc) is 2.36. The molecule has 0 aliphatic carbocycles. The van der Waals surface area contributed by atoms with Crippen LogP contribution in [0.2, 0.25) is 0 Å². The van der Waals surface area contributed by atoms with Crippen molar-refractivity contribution in [2.75, 3.05) is 6.61 Å². The van der Waals surface area contributed by atoms with Gasteiger partial charge < -0.3 is 15.5 Å². The summed E-state index contributed by atoms with van der Waals surface area (Å²) >= 11 is -0.453. The summed E-state index contributed by atoms with van der Waals surface area (Å²) in [6.07, 6.45) is -0.240. The van der Waals surface area contributed by atoms with Gasteiger partial charge in [0.25, 0.3) is 5.91 Å². The summed E-state index contributed by atoms with van der Waals surface area (Å²) in [7, 11) is 0. The van der Waals surface area contributed by atoms with Crippen molar-refractivity contribution < 1.29 is 33.0 Å². The van der Waals surface area contributed by atoms with E-state index in [1.165, 1.54) is 18.2 Å². The summed E-state index contributed by atoms with van der Waals surface area (Å²) in [5, 5.41) is 19.6. The molecule has 0 aliphatic rings. The molecule has 1 amide bonds. The molecule has 0 saturated carbocycles. The smallest absolute Gasteiger partial charge is 0.446 e. The summed E-state index contributed by atoms with van der Waals surface area (Å²) in [5.74, 6) is -2.32. The van der Waals surface area contributed by atoms with Gasteiger partial charge in [0, 0.05) is 17.9 Å². The number of amides is 1. The summed E-state index contributed by atoms with van der Waals surface area (Å²) in [6.45, 7) is -0.476. The number of carboxylic acid groups (broad SMARTS) is 1. The zero-order valence-electron chi connectivity index (χ0n) is 10.6. The maximum absolute atomic E-state index is 12.4. The molecule has 0 unspecified atom stereocenters. The summed E-state index contributed by atoms with van der Waals surface area (Å²) in [5.41, 5.74) is -4.84. The molecular weight excluding hydrogens is 311 g/mol. The van der Waals surface area contributed by atoms with Gasteiger partial charge in [0.15, 0.2) is 0 Å². The number of nitrogens with one attached hydrogen (secondary N) is 1. The third-order valence-corrected chi connectivity index (χ3v) is 3.19. The number of carbonyl (C=O) groups excluding carboxylic acids is 1. The predicted octanol–water partition coefficient (Wildman–Crippen LogP) is 1.86. The first-order valence-electron chi connectivity index (χ1n) is 5.74. The quantitative estimate of drug-likeness (QED) is 0.696. The van der Waals surface area contributed by atoms with Crippen LogP contribution in [0.25, 0.3) is 0 Å². The van der Waals surface area contributed by atoms with Crippen LogP contribution in [0.5, 0.6) is 0 Å². The van der Waals surface area contributed by atoms with Gasteiger partial charge in [-0.2, -0.15) is 13.2 Å². The number of carbonyl (C=O) groups is 2. The highest BCUT2D eigenvalue weighted by atomic mass is 32.2. The molecule has 0 fully saturated rings. The summed E-state index contributed by atoms with van der Waals surface area (Å²) < 4.78 is 37.2. The minimum Gasteiger partial charge on any atom is -0.480 e. The van der Waals surface area contributed by atoms with Crippen LogP contribution in [-0.4, -0.2) is 40.2 Å². The van der Waals surface area contributed by atoms with Crippen molar-refractivity contribution in [1.29, 1.82) is 0 Å². The molecule has 5 nitrogen and oxygen atoms in total. The Morgan fingerprint density at radius 3 is 2.43 bits per heavy atom. The Labute approximate surface area is 122 Å². The number of aliphatic carboxylic acids is 1. The standard InChI is InChI=1S/C12H12F3NO4S/c13-12(14,15)21-9-4-2-1-3-7(9)10(18)16-8(5-6-17)11(19)20/h1-4,8,17H,5-6H2,(H,16,18)(H,19,20)/t8-/m1/s1. The number of hydrogen-bond donors (Lipinski definition) is 3. The van der Waals surface area contributed by atoms with Crippen LogP contribution in [0.3, 0.4) is 0 Å². The van der Waals surface area contributed by atoms with Crippen molar-refractivity contribution in [2.24, 2.45) is 0 Å². The van der Waals surface area contributed by atoms with Gasteiger partial charge in [-0.15, -0.1) is 0 Å². The minimum absolute atomic E-state index is 0.240. The van der Waals surface area contributed by atoms with E-state index in [9.17, 15) is 22.8 Å². The second-order valence-electron chi connectivity index (χ2n) is 3.92. The largest absolute Gasteiger partial charge is 0.480 e. The molecule has 0 bridgehead atoms. The topological polar surface area (TPSA) is 86.6 Å². The van der Waals surface area contributed by atoms with Gasteiger partial charge in [0.2, 0.25) is 0 Å². The molecule has 116 valence electrons. The lowest BCUT2D eigenvalue weighted by Crippen LogP contribution is -2.41. The number of rotatable bonds is 6. The Balaban J connectivity index is 2.94. The van der Waals surface area contributed by atoms with Crippen molar-refractivity contribution in [3.8, 4) is 0 Å². The number of halogens is 3. The molecule has 1 aromatic carbocycles. The number of thioether (sulfide) groups is 1. The number of carboxylic acids is 1. The van der Waals surface area contributed by atoms with Gasteiger partial charge in [-0.25, -0.2) is 4.79 Å². The third-order valence-electron chi connectivity index (χ3n) is 2.38. The van der Waals surface area contributed by atoms with E-state index in [0.717, 1.165) is 6.07 Å². The molecule has 3 N–H and O–H groups in total. The number of hydrogen-bond acceptors (Lipinski definition) is 4. The SMILES string of the molecule is O=C(N[C@H](CCO)C(=O)O)c1ccccc1SC(F)(F)F. The predicted molar refractivity (Wildman–Crippen MR) is 68.9 cm³/mol. The fourth-order valence-corrected chi connectivity index (χ4v) is 2.16. The molecule has 1 rings (SSSR count). The third kappa shape index (κ3) is 5.64. The van der Waals surface area contributed by atoms with Crippen LogP contribution < -0.4 is 5.32 Å².